The van der Waals surface area contributed by atoms with Gasteiger partial charge in [-0.3, -0.25) is 14.9 Å². The van der Waals surface area contributed by atoms with Gasteiger partial charge in [-0.05, 0) is 6.92 Å². The Bertz CT molecular complexity index is 248. The summed E-state index contributed by atoms with van der Waals surface area (Å²) in [6, 6.07) is -1.88. The van der Waals surface area contributed by atoms with Gasteiger partial charge in [0.15, 0.2) is 0 Å². The van der Waals surface area contributed by atoms with Crippen LogP contribution in [-0.4, -0.2) is 29.3 Å². The van der Waals surface area contributed by atoms with Crippen molar-refractivity contribution in [1.29, 1.82) is 0 Å². The smallest absolute Gasteiger partial charge is 0.389 e. The first-order valence-corrected chi connectivity index (χ1v) is 4.25. The third kappa shape index (κ3) is 3.12. The Kier molecular flexibility index (Phi) is 4.76. The van der Waals surface area contributed by atoms with Crippen molar-refractivity contribution in [2.45, 2.75) is 26.8 Å². The zero-order valence-electron chi connectivity index (χ0n) is 8.35. The van der Waals surface area contributed by atoms with E-state index in [0.717, 1.165) is 0 Å². The minimum absolute atomic E-state index is 0.0224. The van der Waals surface area contributed by atoms with E-state index in [0.29, 0.717) is 0 Å². The molecule has 1 unspecified atom stereocenters. The van der Waals surface area contributed by atoms with Gasteiger partial charge in [-0.2, -0.15) is 0 Å². The summed E-state index contributed by atoms with van der Waals surface area (Å²) in [5, 5.41) is 10.4. The third-order valence-electron chi connectivity index (χ3n) is 1.56. The van der Waals surface area contributed by atoms with E-state index in [2.05, 4.69) is 4.74 Å². The van der Waals surface area contributed by atoms with E-state index in [9.17, 15) is 19.7 Å². The maximum atomic E-state index is 11.3. The van der Waals surface area contributed by atoms with Crippen LogP contribution < -0.4 is 0 Å². The molecule has 1 atom stereocenters. The predicted octanol–water partition coefficient (Wildman–Crippen LogP) is 0.420. The maximum Gasteiger partial charge on any atom is 0.389 e. The molecule has 0 heterocycles. The van der Waals surface area contributed by atoms with Gasteiger partial charge in [-0.1, -0.05) is 13.8 Å². The summed E-state index contributed by atoms with van der Waals surface area (Å²) in [4.78, 5) is 31.8. The Labute approximate surface area is 81.4 Å². The van der Waals surface area contributed by atoms with Gasteiger partial charge in [0, 0.05) is 10.8 Å². The first kappa shape index (κ1) is 12.5. The van der Waals surface area contributed by atoms with E-state index in [-0.39, 0.29) is 6.61 Å². The second kappa shape index (κ2) is 5.31. The van der Waals surface area contributed by atoms with Crippen LogP contribution in [0.25, 0.3) is 0 Å². The summed E-state index contributed by atoms with van der Waals surface area (Å²) in [5.74, 6) is -2.38. The van der Waals surface area contributed by atoms with Gasteiger partial charge in [0.05, 0.1) is 6.61 Å². The van der Waals surface area contributed by atoms with E-state index in [1.54, 1.807) is 0 Å². The molecular weight excluding hydrogens is 190 g/mol. The maximum absolute atomic E-state index is 11.3. The lowest BCUT2D eigenvalue weighted by atomic mass is 10.0. The van der Waals surface area contributed by atoms with Crippen LogP contribution >= 0.6 is 0 Å². The van der Waals surface area contributed by atoms with Gasteiger partial charge in [-0.15, -0.1) is 0 Å². The van der Waals surface area contributed by atoms with Crippen molar-refractivity contribution in [3.8, 4) is 0 Å². The molecule has 0 saturated heterocycles. The number of carbonyl (C=O) groups is 2. The lowest BCUT2D eigenvalue weighted by Gasteiger charge is -2.09. The molecular formula is C8H13NO5. The number of ether oxygens (including phenoxy) is 1. The minimum atomic E-state index is -1.88. The van der Waals surface area contributed by atoms with Gasteiger partial charge >= 0.3 is 12.0 Å². The normalized spacial score (nSPS) is 12.3. The van der Waals surface area contributed by atoms with Crippen molar-refractivity contribution in [2.75, 3.05) is 6.61 Å². The number of esters is 1. The number of hydrogen-bond donors (Lipinski definition) is 0. The Hall–Kier alpha value is -1.46. The number of nitro groups is 1. The molecule has 0 aliphatic rings. The molecule has 0 rings (SSSR count). The standard InChI is InChI=1S/C8H13NO5/c1-4-14-8(11)6(9(12)13)7(10)5(2)3/h5-6H,4H2,1-3H3. The van der Waals surface area contributed by atoms with E-state index in [1.807, 2.05) is 0 Å². The number of nitrogens with zero attached hydrogens (tertiary/aromatic N) is 1. The van der Waals surface area contributed by atoms with Gasteiger partial charge in [-0.25, -0.2) is 4.79 Å². The fourth-order valence-corrected chi connectivity index (χ4v) is 0.843. The fourth-order valence-electron chi connectivity index (χ4n) is 0.843. The van der Waals surface area contributed by atoms with Crippen molar-refractivity contribution >= 4 is 11.8 Å². The zero-order valence-corrected chi connectivity index (χ0v) is 8.35. The largest absolute Gasteiger partial charge is 0.461 e. The van der Waals surface area contributed by atoms with Crippen LogP contribution in [0.2, 0.25) is 0 Å². The summed E-state index contributed by atoms with van der Waals surface area (Å²) in [7, 11) is 0. The van der Waals surface area contributed by atoms with Crippen LogP contribution in [0.4, 0.5) is 0 Å². The zero-order chi connectivity index (χ0) is 11.3. The van der Waals surface area contributed by atoms with Crippen LogP contribution in [0.5, 0.6) is 0 Å². The SMILES string of the molecule is CCOC(=O)C(C(=O)C(C)C)[N+](=O)[O-]. The molecule has 0 radical (unpaired) electrons. The second-order valence-electron chi connectivity index (χ2n) is 3.00. The highest BCUT2D eigenvalue weighted by atomic mass is 16.6. The van der Waals surface area contributed by atoms with Crippen molar-refractivity contribution in [3.05, 3.63) is 10.1 Å². The highest BCUT2D eigenvalue weighted by Gasteiger charge is 2.40. The molecule has 0 aliphatic heterocycles. The summed E-state index contributed by atoms with van der Waals surface area (Å²) >= 11 is 0. The molecule has 0 amide bonds. The molecule has 0 spiro atoms. The summed E-state index contributed by atoms with van der Waals surface area (Å²) in [6.07, 6.45) is 0. The lowest BCUT2D eigenvalue weighted by Crippen LogP contribution is -2.41. The second-order valence-corrected chi connectivity index (χ2v) is 3.00. The Morgan fingerprint density at radius 2 is 1.93 bits per heavy atom. The molecule has 0 fully saturated rings. The molecule has 6 heteroatoms. The molecule has 0 bridgehead atoms. The molecule has 14 heavy (non-hydrogen) atoms. The molecule has 80 valence electrons. The topological polar surface area (TPSA) is 86.5 Å². The van der Waals surface area contributed by atoms with Crippen molar-refractivity contribution < 1.29 is 19.2 Å². The summed E-state index contributed by atoms with van der Waals surface area (Å²) in [6.45, 7) is 4.54. The molecule has 0 saturated carbocycles. The van der Waals surface area contributed by atoms with Crippen LogP contribution in [-0.2, 0) is 14.3 Å². The summed E-state index contributed by atoms with van der Waals surface area (Å²) < 4.78 is 4.44. The average molecular weight is 203 g/mol. The van der Waals surface area contributed by atoms with Crippen LogP contribution in [0.15, 0.2) is 0 Å². The Morgan fingerprint density at radius 3 is 2.21 bits per heavy atom. The molecule has 0 aliphatic carbocycles. The number of Topliss-reactive ketones (excluding diaryl/α,β-unsaturated/α-hetero) is 1. The van der Waals surface area contributed by atoms with Gasteiger partial charge < -0.3 is 4.74 Å². The molecule has 0 aromatic heterocycles. The van der Waals surface area contributed by atoms with Gasteiger partial charge in [0.1, 0.15) is 0 Å². The van der Waals surface area contributed by atoms with Crippen LogP contribution in [0.3, 0.4) is 0 Å². The number of hydrogen-bond acceptors (Lipinski definition) is 5. The highest BCUT2D eigenvalue weighted by Crippen LogP contribution is 2.05. The minimum Gasteiger partial charge on any atom is -0.461 e. The monoisotopic (exact) mass is 203 g/mol. The van der Waals surface area contributed by atoms with Crippen molar-refractivity contribution in [3.63, 3.8) is 0 Å². The molecule has 0 aromatic carbocycles. The van der Waals surface area contributed by atoms with Gasteiger partial charge in [0.25, 0.3) is 0 Å². The first-order chi connectivity index (χ1) is 6.41. The highest BCUT2D eigenvalue weighted by molar-refractivity contribution is 6.02. The van der Waals surface area contributed by atoms with Crippen LogP contribution in [0, 0.1) is 16.0 Å². The quantitative estimate of drug-likeness (QED) is 0.279. The van der Waals surface area contributed by atoms with E-state index in [1.165, 1.54) is 20.8 Å². The van der Waals surface area contributed by atoms with Crippen LogP contribution in [0.1, 0.15) is 20.8 Å². The summed E-state index contributed by atoms with van der Waals surface area (Å²) in [5.41, 5.74) is 0. The number of ketones is 1. The van der Waals surface area contributed by atoms with Gasteiger partial charge in [0.2, 0.25) is 5.78 Å². The third-order valence-corrected chi connectivity index (χ3v) is 1.56. The predicted molar refractivity (Wildman–Crippen MR) is 47.3 cm³/mol. The molecule has 0 N–H and O–H groups in total. The fraction of sp³-hybridized carbons (Fsp3) is 0.750. The van der Waals surface area contributed by atoms with E-state index in [4.69, 9.17) is 0 Å². The molecule has 6 nitrogen and oxygen atoms in total. The van der Waals surface area contributed by atoms with E-state index >= 15 is 0 Å². The van der Waals surface area contributed by atoms with Crippen molar-refractivity contribution in [1.82, 2.24) is 0 Å². The average Bonchev–Trinajstić information content (AvgIpc) is 2.03. The first-order valence-electron chi connectivity index (χ1n) is 4.25. The van der Waals surface area contributed by atoms with Crippen molar-refractivity contribution in [2.24, 2.45) is 5.92 Å². The Morgan fingerprint density at radius 1 is 1.43 bits per heavy atom. The van der Waals surface area contributed by atoms with E-state index < -0.39 is 28.6 Å². The Balaban J connectivity index is 4.69. The number of carbonyl (C=O) groups excluding carboxylic acids is 2. The number of rotatable bonds is 5. The lowest BCUT2D eigenvalue weighted by molar-refractivity contribution is -0.496. The molecule has 0 aromatic rings.